The molecular weight excluding hydrogens is 338 g/mol. The van der Waals surface area contributed by atoms with Crippen LogP contribution in [0.25, 0.3) is 6.08 Å². The molecule has 0 bridgehead atoms. The maximum atomic E-state index is 11.6. The predicted octanol–water partition coefficient (Wildman–Crippen LogP) is 3.45. The lowest BCUT2D eigenvalue weighted by molar-refractivity contribution is -0.137. The van der Waals surface area contributed by atoms with Gasteiger partial charge in [0.1, 0.15) is 5.76 Å². The van der Waals surface area contributed by atoms with Crippen LogP contribution in [0, 0.1) is 5.41 Å². The normalized spacial score (nSPS) is 11.8. The Morgan fingerprint density at radius 3 is 2.67 bits per heavy atom. The second-order valence-corrected chi connectivity index (χ2v) is 6.36. The monoisotopic (exact) mass is 357 g/mol. The Labute approximate surface area is 132 Å². The van der Waals surface area contributed by atoms with Gasteiger partial charge in [0.25, 0.3) is 0 Å². The molecule has 1 aromatic heterocycles. The van der Waals surface area contributed by atoms with Crippen LogP contribution in [0.1, 0.15) is 38.9 Å². The summed E-state index contributed by atoms with van der Waals surface area (Å²) in [5.41, 5.74) is -0.110. The van der Waals surface area contributed by atoms with Crippen LogP contribution in [-0.2, 0) is 9.59 Å². The molecule has 21 heavy (non-hydrogen) atoms. The van der Waals surface area contributed by atoms with Gasteiger partial charge in [0.15, 0.2) is 4.67 Å². The van der Waals surface area contributed by atoms with E-state index in [1.54, 1.807) is 18.2 Å². The van der Waals surface area contributed by atoms with Crippen molar-refractivity contribution in [2.24, 2.45) is 5.41 Å². The molecule has 0 aliphatic rings. The third kappa shape index (κ3) is 7.70. The van der Waals surface area contributed by atoms with Gasteiger partial charge in [-0.25, -0.2) is 0 Å². The van der Waals surface area contributed by atoms with Crippen LogP contribution in [0.5, 0.6) is 0 Å². The van der Waals surface area contributed by atoms with Gasteiger partial charge in [0, 0.05) is 19.0 Å². The van der Waals surface area contributed by atoms with Crippen LogP contribution in [-0.4, -0.2) is 23.5 Å². The second kappa shape index (κ2) is 8.02. The molecule has 1 rings (SSSR count). The molecular formula is C15H20BrNO4. The van der Waals surface area contributed by atoms with Gasteiger partial charge >= 0.3 is 5.97 Å². The van der Waals surface area contributed by atoms with E-state index in [-0.39, 0.29) is 17.7 Å². The number of hydrogen-bond donors (Lipinski definition) is 2. The number of carboxylic acid groups (broad SMARTS) is 1. The molecule has 0 unspecified atom stereocenters. The van der Waals surface area contributed by atoms with E-state index in [4.69, 9.17) is 9.52 Å². The van der Waals surface area contributed by atoms with Gasteiger partial charge in [0.2, 0.25) is 5.91 Å². The Kier molecular flexibility index (Phi) is 6.68. The zero-order valence-electron chi connectivity index (χ0n) is 12.2. The summed E-state index contributed by atoms with van der Waals surface area (Å²) in [7, 11) is 0. The highest BCUT2D eigenvalue weighted by atomic mass is 79.9. The molecule has 5 nitrogen and oxygen atoms in total. The molecule has 116 valence electrons. The Morgan fingerprint density at radius 2 is 2.10 bits per heavy atom. The van der Waals surface area contributed by atoms with Gasteiger partial charge in [-0.15, -0.1) is 0 Å². The van der Waals surface area contributed by atoms with Crippen LogP contribution in [0.3, 0.4) is 0 Å². The van der Waals surface area contributed by atoms with Gasteiger partial charge in [-0.2, -0.15) is 0 Å². The fourth-order valence-electron chi connectivity index (χ4n) is 1.73. The molecule has 6 heteroatoms. The highest BCUT2D eigenvalue weighted by molar-refractivity contribution is 9.10. The summed E-state index contributed by atoms with van der Waals surface area (Å²) in [4.78, 5) is 22.2. The summed E-state index contributed by atoms with van der Waals surface area (Å²) in [5.74, 6) is -0.393. The third-order valence-electron chi connectivity index (χ3n) is 3.11. The van der Waals surface area contributed by atoms with E-state index >= 15 is 0 Å². The van der Waals surface area contributed by atoms with Gasteiger partial charge in [0.05, 0.1) is 0 Å². The van der Waals surface area contributed by atoms with Crippen molar-refractivity contribution in [3.63, 3.8) is 0 Å². The van der Waals surface area contributed by atoms with Crippen LogP contribution < -0.4 is 5.32 Å². The number of rotatable bonds is 8. The number of amides is 1. The maximum absolute atomic E-state index is 11.6. The zero-order chi connectivity index (χ0) is 15.9. The molecule has 0 aliphatic heterocycles. The molecule has 0 aromatic carbocycles. The first-order chi connectivity index (χ1) is 9.78. The minimum absolute atomic E-state index is 0.110. The van der Waals surface area contributed by atoms with Gasteiger partial charge < -0.3 is 14.8 Å². The number of hydrogen-bond acceptors (Lipinski definition) is 3. The van der Waals surface area contributed by atoms with Crippen molar-refractivity contribution in [3.05, 3.63) is 28.6 Å². The third-order valence-corrected chi connectivity index (χ3v) is 3.54. The van der Waals surface area contributed by atoms with Crippen LogP contribution in [0.4, 0.5) is 0 Å². The lowest BCUT2D eigenvalue weighted by Crippen LogP contribution is -2.27. The standard InChI is InChI=1S/C15H20BrNO4/c1-15(2,8-7-14(19)20)9-10-17-13(18)6-4-11-3-5-12(16)21-11/h3-6H,7-10H2,1-2H3,(H,17,18)(H,19,20). The fourth-order valence-corrected chi connectivity index (χ4v) is 2.05. The summed E-state index contributed by atoms with van der Waals surface area (Å²) < 4.78 is 5.85. The molecule has 0 saturated heterocycles. The quantitative estimate of drug-likeness (QED) is 0.698. The van der Waals surface area contributed by atoms with E-state index < -0.39 is 5.97 Å². The number of carboxylic acids is 1. The van der Waals surface area contributed by atoms with Crippen LogP contribution in [0.2, 0.25) is 0 Å². The Balaban J connectivity index is 2.29. The molecule has 0 fully saturated rings. The smallest absolute Gasteiger partial charge is 0.303 e. The fraction of sp³-hybridized carbons (Fsp3) is 0.467. The van der Waals surface area contributed by atoms with Gasteiger partial charge in [-0.3, -0.25) is 9.59 Å². The first-order valence-electron chi connectivity index (χ1n) is 6.71. The molecule has 0 aliphatic carbocycles. The first-order valence-corrected chi connectivity index (χ1v) is 7.51. The van der Waals surface area contributed by atoms with Gasteiger partial charge in [-0.1, -0.05) is 13.8 Å². The zero-order valence-corrected chi connectivity index (χ0v) is 13.8. The largest absolute Gasteiger partial charge is 0.481 e. The summed E-state index contributed by atoms with van der Waals surface area (Å²) in [6.45, 7) is 4.51. The number of carbonyl (C=O) groups excluding carboxylic acids is 1. The maximum Gasteiger partial charge on any atom is 0.303 e. The molecule has 2 N–H and O–H groups in total. The molecule has 1 amide bonds. The predicted molar refractivity (Wildman–Crippen MR) is 83.7 cm³/mol. The Bertz CT molecular complexity index is 519. The average molecular weight is 358 g/mol. The molecule has 0 radical (unpaired) electrons. The van der Waals surface area contributed by atoms with Crippen molar-refractivity contribution in [2.75, 3.05) is 6.54 Å². The molecule has 1 heterocycles. The van der Waals surface area contributed by atoms with Crippen molar-refractivity contribution in [2.45, 2.75) is 33.1 Å². The SMILES string of the molecule is CC(C)(CCNC(=O)C=Cc1ccc(Br)o1)CCC(=O)O. The minimum atomic E-state index is -0.792. The topological polar surface area (TPSA) is 79.5 Å². The first kappa shape index (κ1) is 17.5. The van der Waals surface area contributed by atoms with Crippen molar-refractivity contribution in [3.8, 4) is 0 Å². The summed E-state index contributed by atoms with van der Waals surface area (Å²) in [6, 6.07) is 3.51. The van der Waals surface area contributed by atoms with Crippen molar-refractivity contribution in [1.29, 1.82) is 0 Å². The van der Waals surface area contributed by atoms with Crippen molar-refractivity contribution < 1.29 is 19.1 Å². The number of halogens is 1. The molecule has 0 spiro atoms. The number of aliphatic carboxylic acids is 1. The van der Waals surface area contributed by atoms with E-state index in [1.165, 1.54) is 6.08 Å². The number of furan rings is 1. The number of nitrogens with one attached hydrogen (secondary N) is 1. The van der Waals surface area contributed by atoms with Crippen LogP contribution >= 0.6 is 15.9 Å². The second-order valence-electron chi connectivity index (χ2n) is 5.57. The van der Waals surface area contributed by atoms with Crippen molar-refractivity contribution in [1.82, 2.24) is 5.32 Å². The average Bonchev–Trinajstić information content (AvgIpc) is 2.80. The summed E-state index contributed by atoms with van der Waals surface area (Å²) in [6.07, 6.45) is 4.47. The van der Waals surface area contributed by atoms with Crippen LogP contribution in [0.15, 0.2) is 27.3 Å². The molecule has 1 aromatic rings. The van der Waals surface area contributed by atoms with E-state index in [0.29, 0.717) is 23.4 Å². The molecule has 0 atom stereocenters. The lowest BCUT2D eigenvalue weighted by Gasteiger charge is -2.23. The Morgan fingerprint density at radius 1 is 1.38 bits per heavy atom. The van der Waals surface area contributed by atoms with E-state index in [2.05, 4.69) is 21.2 Å². The Hall–Kier alpha value is -1.56. The number of carbonyl (C=O) groups is 2. The van der Waals surface area contributed by atoms with Gasteiger partial charge in [-0.05, 0) is 52.4 Å². The van der Waals surface area contributed by atoms with E-state index in [0.717, 1.165) is 6.42 Å². The van der Waals surface area contributed by atoms with E-state index in [9.17, 15) is 9.59 Å². The summed E-state index contributed by atoms with van der Waals surface area (Å²) in [5, 5.41) is 11.5. The molecule has 0 saturated carbocycles. The minimum Gasteiger partial charge on any atom is -0.481 e. The van der Waals surface area contributed by atoms with E-state index in [1.807, 2.05) is 13.8 Å². The lowest BCUT2D eigenvalue weighted by atomic mass is 9.84. The highest BCUT2D eigenvalue weighted by Gasteiger charge is 2.18. The van der Waals surface area contributed by atoms with Crippen molar-refractivity contribution >= 4 is 33.9 Å². The summed E-state index contributed by atoms with van der Waals surface area (Å²) >= 11 is 3.18. The highest BCUT2D eigenvalue weighted by Crippen LogP contribution is 2.25.